The van der Waals surface area contributed by atoms with Gasteiger partial charge in [-0.3, -0.25) is 9.59 Å². The van der Waals surface area contributed by atoms with Gasteiger partial charge in [0.05, 0.1) is 5.92 Å². The number of amides is 2. The van der Waals surface area contributed by atoms with E-state index in [1.165, 1.54) is 11.1 Å². The summed E-state index contributed by atoms with van der Waals surface area (Å²) in [6, 6.07) is 8.32. The van der Waals surface area contributed by atoms with Crippen molar-refractivity contribution in [3.63, 3.8) is 0 Å². The molecular formula is C19H26N2O2. The molecule has 1 aromatic carbocycles. The van der Waals surface area contributed by atoms with Crippen molar-refractivity contribution >= 4 is 11.8 Å². The topological polar surface area (TPSA) is 40.6 Å². The quantitative estimate of drug-likeness (QED) is 0.856. The number of hydrogen-bond acceptors (Lipinski definition) is 2. The molecule has 1 atom stereocenters. The smallest absolute Gasteiger partial charge is 0.228 e. The lowest BCUT2D eigenvalue weighted by Crippen LogP contribution is -2.40. The van der Waals surface area contributed by atoms with E-state index in [1.54, 1.807) is 0 Å². The van der Waals surface area contributed by atoms with Crippen molar-refractivity contribution in [3.05, 3.63) is 35.4 Å². The van der Waals surface area contributed by atoms with Gasteiger partial charge in [0.25, 0.3) is 0 Å². The van der Waals surface area contributed by atoms with Crippen LogP contribution in [0.5, 0.6) is 0 Å². The molecule has 0 N–H and O–H groups in total. The van der Waals surface area contributed by atoms with Crippen molar-refractivity contribution in [1.29, 1.82) is 0 Å². The van der Waals surface area contributed by atoms with Gasteiger partial charge in [-0.05, 0) is 29.9 Å². The second-order valence-corrected chi connectivity index (χ2v) is 7.20. The van der Waals surface area contributed by atoms with Gasteiger partial charge in [0, 0.05) is 32.6 Å². The van der Waals surface area contributed by atoms with Gasteiger partial charge in [-0.15, -0.1) is 0 Å². The van der Waals surface area contributed by atoms with E-state index in [0.29, 0.717) is 25.4 Å². The Labute approximate surface area is 138 Å². The van der Waals surface area contributed by atoms with Gasteiger partial charge >= 0.3 is 0 Å². The largest absolute Gasteiger partial charge is 0.342 e. The molecule has 1 unspecified atom stereocenters. The number of hydrogen-bond donors (Lipinski definition) is 0. The number of carbonyl (C=O) groups is 2. The molecule has 2 heterocycles. The van der Waals surface area contributed by atoms with Crippen molar-refractivity contribution in [3.8, 4) is 0 Å². The summed E-state index contributed by atoms with van der Waals surface area (Å²) in [5.41, 5.74) is 2.59. The van der Waals surface area contributed by atoms with Crippen LogP contribution in [-0.4, -0.2) is 41.2 Å². The van der Waals surface area contributed by atoms with Crippen molar-refractivity contribution in [2.45, 2.75) is 39.7 Å². The molecule has 2 amide bonds. The van der Waals surface area contributed by atoms with Gasteiger partial charge in [-0.2, -0.15) is 0 Å². The van der Waals surface area contributed by atoms with Crippen LogP contribution >= 0.6 is 0 Å². The van der Waals surface area contributed by atoms with Crippen LogP contribution in [0.1, 0.15) is 37.8 Å². The van der Waals surface area contributed by atoms with E-state index in [2.05, 4.69) is 32.0 Å². The second-order valence-electron chi connectivity index (χ2n) is 7.20. The third-order valence-electron chi connectivity index (χ3n) is 4.98. The Kier molecular flexibility index (Phi) is 4.69. The van der Waals surface area contributed by atoms with Gasteiger partial charge in [-0.1, -0.05) is 38.1 Å². The monoisotopic (exact) mass is 314 g/mol. The summed E-state index contributed by atoms with van der Waals surface area (Å²) in [5.74, 6) is 0.720. The van der Waals surface area contributed by atoms with Crippen LogP contribution < -0.4 is 0 Å². The minimum absolute atomic E-state index is 0.140. The number of fused-ring (bicyclic) bond motifs is 1. The number of rotatable bonds is 4. The molecule has 2 aliphatic rings. The Morgan fingerprint density at radius 2 is 2.00 bits per heavy atom. The minimum atomic E-state index is -0.153. The Hall–Kier alpha value is -1.84. The van der Waals surface area contributed by atoms with Gasteiger partial charge < -0.3 is 9.80 Å². The predicted octanol–water partition coefficient (Wildman–Crippen LogP) is 2.47. The lowest BCUT2D eigenvalue weighted by Gasteiger charge is -2.30. The van der Waals surface area contributed by atoms with Crippen LogP contribution in [0.25, 0.3) is 0 Å². The highest BCUT2D eigenvalue weighted by Crippen LogP contribution is 2.25. The summed E-state index contributed by atoms with van der Waals surface area (Å²) < 4.78 is 0. The summed E-state index contributed by atoms with van der Waals surface area (Å²) in [4.78, 5) is 28.7. The number of likely N-dealkylation sites (tertiary alicyclic amines) is 1. The molecule has 0 spiro atoms. The summed E-state index contributed by atoms with van der Waals surface area (Å²) in [6.45, 7) is 7.16. The number of benzene rings is 1. The predicted molar refractivity (Wildman–Crippen MR) is 89.7 cm³/mol. The van der Waals surface area contributed by atoms with Crippen molar-refractivity contribution in [2.75, 3.05) is 19.6 Å². The van der Waals surface area contributed by atoms with Gasteiger partial charge in [0.15, 0.2) is 0 Å². The Balaban J connectivity index is 1.60. The standard InChI is InChI=1S/C19H26N2O2/c1-14(2)7-9-20-13-17(11-18(20)22)19(23)21-10-8-15-5-3-4-6-16(15)12-21/h3-6,14,17H,7-13H2,1-2H3. The van der Waals surface area contributed by atoms with Crippen LogP contribution in [0, 0.1) is 11.8 Å². The Bertz CT molecular complexity index is 597. The zero-order valence-electron chi connectivity index (χ0n) is 14.1. The lowest BCUT2D eigenvalue weighted by molar-refractivity contribution is -0.136. The third-order valence-corrected chi connectivity index (χ3v) is 4.98. The first-order valence-electron chi connectivity index (χ1n) is 8.68. The Morgan fingerprint density at radius 1 is 1.26 bits per heavy atom. The normalized spacial score (nSPS) is 21.0. The minimum Gasteiger partial charge on any atom is -0.342 e. The van der Waals surface area contributed by atoms with E-state index in [0.717, 1.165) is 25.9 Å². The zero-order chi connectivity index (χ0) is 16.4. The fourth-order valence-corrected chi connectivity index (χ4v) is 3.51. The summed E-state index contributed by atoms with van der Waals surface area (Å²) >= 11 is 0. The fraction of sp³-hybridized carbons (Fsp3) is 0.579. The first-order valence-corrected chi connectivity index (χ1v) is 8.68. The molecule has 0 aliphatic carbocycles. The van der Waals surface area contributed by atoms with E-state index >= 15 is 0 Å². The molecule has 124 valence electrons. The van der Waals surface area contributed by atoms with Crippen LogP contribution in [0.2, 0.25) is 0 Å². The molecule has 1 aromatic rings. The second kappa shape index (κ2) is 6.73. The molecular weight excluding hydrogens is 288 g/mol. The molecule has 0 aromatic heterocycles. The third kappa shape index (κ3) is 3.57. The maximum Gasteiger partial charge on any atom is 0.228 e. The van der Waals surface area contributed by atoms with Crippen LogP contribution in [-0.2, 0) is 22.6 Å². The van der Waals surface area contributed by atoms with Crippen molar-refractivity contribution in [1.82, 2.24) is 9.80 Å². The molecule has 0 saturated carbocycles. The molecule has 0 radical (unpaired) electrons. The van der Waals surface area contributed by atoms with Crippen LogP contribution in [0.4, 0.5) is 0 Å². The maximum absolute atomic E-state index is 12.8. The fourth-order valence-electron chi connectivity index (χ4n) is 3.51. The van der Waals surface area contributed by atoms with E-state index in [-0.39, 0.29) is 17.7 Å². The lowest BCUT2D eigenvalue weighted by atomic mass is 9.98. The van der Waals surface area contributed by atoms with Crippen LogP contribution in [0.15, 0.2) is 24.3 Å². The zero-order valence-corrected chi connectivity index (χ0v) is 14.1. The molecule has 4 nitrogen and oxygen atoms in total. The van der Waals surface area contributed by atoms with Gasteiger partial charge in [0.1, 0.15) is 0 Å². The van der Waals surface area contributed by atoms with Crippen molar-refractivity contribution in [2.24, 2.45) is 11.8 Å². The maximum atomic E-state index is 12.8. The molecule has 1 fully saturated rings. The van der Waals surface area contributed by atoms with E-state index in [4.69, 9.17) is 0 Å². The van der Waals surface area contributed by atoms with Crippen LogP contribution in [0.3, 0.4) is 0 Å². The first kappa shape index (κ1) is 16.0. The number of nitrogens with zero attached hydrogens (tertiary/aromatic N) is 2. The number of carbonyl (C=O) groups excluding carboxylic acids is 2. The highest BCUT2D eigenvalue weighted by Gasteiger charge is 2.36. The summed E-state index contributed by atoms with van der Waals surface area (Å²) in [7, 11) is 0. The van der Waals surface area contributed by atoms with Crippen molar-refractivity contribution < 1.29 is 9.59 Å². The van der Waals surface area contributed by atoms with E-state index in [9.17, 15) is 9.59 Å². The molecule has 1 saturated heterocycles. The SMILES string of the molecule is CC(C)CCN1CC(C(=O)N2CCc3ccccc3C2)CC1=O. The van der Waals surface area contributed by atoms with Gasteiger partial charge in [-0.25, -0.2) is 0 Å². The highest BCUT2D eigenvalue weighted by atomic mass is 16.2. The van der Waals surface area contributed by atoms with E-state index in [1.807, 2.05) is 15.9 Å². The van der Waals surface area contributed by atoms with E-state index < -0.39 is 0 Å². The molecule has 23 heavy (non-hydrogen) atoms. The summed E-state index contributed by atoms with van der Waals surface area (Å²) in [5, 5.41) is 0. The summed E-state index contributed by atoms with van der Waals surface area (Å²) in [6.07, 6.45) is 2.30. The average molecular weight is 314 g/mol. The molecule has 0 bridgehead atoms. The highest BCUT2D eigenvalue weighted by molar-refractivity contribution is 5.89. The molecule has 4 heteroatoms. The average Bonchev–Trinajstić information content (AvgIpc) is 2.92. The molecule has 2 aliphatic heterocycles. The first-order chi connectivity index (χ1) is 11.0. The molecule has 3 rings (SSSR count). The van der Waals surface area contributed by atoms with Gasteiger partial charge in [0.2, 0.25) is 11.8 Å². The Morgan fingerprint density at radius 3 is 2.74 bits per heavy atom.